The van der Waals surface area contributed by atoms with Gasteiger partial charge in [-0.25, -0.2) is 4.79 Å². The molecule has 0 amide bonds. The largest absolute Gasteiger partial charge is 0.323 e. The molecule has 0 unspecified atom stereocenters. The third kappa shape index (κ3) is 1.45. The highest BCUT2D eigenvalue weighted by Gasteiger charge is 1.90. The van der Waals surface area contributed by atoms with Crippen LogP contribution in [0.4, 0.5) is 0 Å². The molecule has 0 spiro atoms. The van der Waals surface area contributed by atoms with Gasteiger partial charge in [-0.05, 0) is 6.42 Å². The zero-order valence-electron chi connectivity index (χ0n) is 5.40. The highest BCUT2D eigenvalue weighted by Crippen LogP contribution is 1.91. The summed E-state index contributed by atoms with van der Waals surface area (Å²) in [4.78, 5) is 15.7. The van der Waals surface area contributed by atoms with E-state index in [-0.39, 0.29) is 8.54 Å². The van der Waals surface area contributed by atoms with Crippen molar-refractivity contribution >= 4 is 0 Å². The Hall–Kier alpha value is -0.990. The van der Waals surface area contributed by atoms with Crippen LogP contribution in [0.1, 0.15) is 21.9 Å². The van der Waals surface area contributed by atoms with Gasteiger partial charge in [0.25, 0.3) is 0 Å². The number of hydrogen-bond acceptors (Lipinski definition) is 1. The van der Waals surface area contributed by atoms with Gasteiger partial charge in [0, 0.05) is 14.7 Å². The van der Waals surface area contributed by atoms with E-state index in [2.05, 4.69) is 16.9 Å². The molecule has 0 saturated heterocycles. The van der Waals surface area contributed by atoms with E-state index >= 15 is 0 Å². The Balaban J connectivity index is 0. The molecule has 1 heterocycles. The third-order valence-corrected chi connectivity index (χ3v) is 1.17. The summed E-state index contributed by atoms with van der Waals surface area (Å²) < 4.78 is 0. The topological polar surface area (TPSA) is 48.6 Å². The second-order valence-corrected chi connectivity index (χ2v) is 2.02. The molecule has 54 valence electrons. The fourth-order valence-electron chi connectivity index (χ4n) is 0.775. The summed E-state index contributed by atoms with van der Waals surface area (Å²) in [5, 5.41) is 0. The lowest BCUT2D eigenvalue weighted by molar-refractivity contribution is 0.888. The highest BCUT2D eigenvalue weighted by molar-refractivity contribution is 4.93. The van der Waals surface area contributed by atoms with Gasteiger partial charge in [0.1, 0.15) is 0 Å². The van der Waals surface area contributed by atoms with Crippen molar-refractivity contribution in [2.45, 2.75) is 19.8 Å². The minimum atomic E-state index is -0.113. The number of aromatic amines is 2. The quantitative estimate of drug-likeness (QED) is 0.619. The lowest BCUT2D eigenvalue weighted by Gasteiger charge is -1.85. The molecule has 0 bridgehead atoms. The van der Waals surface area contributed by atoms with Crippen LogP contribution in [0.25, 0.3) is 0 Å². The molecule has 0 saturated carbocycles. The Kier molecular flexibility index (Phi) is 1.72. The zero-order valence-corrected chi connectivity index (χ0v) is 5.40. The molecule has 1 aromatic heterocycles. The van der Waals surface area contributed by atoms with Crippen LogP contribution in [0.3, 0.4) is 0 Å². The molecular weight excluding hydrogens is 116 g/mol. The van der Waals surface area contributed by atoms with Crippen molar-refractivity contribution in [1.82, 2.24) is 9.97 Å². The van der Waals surface area contributed by atoms with Crippen molar-refractivity contribution in [3.05, 3.63) is 22.4 Å². The maximum Gasteiger partial charge on any atom is 0.323 e. The van der Waals surface area contributed by atoms with Crippen LogP contribution in [0, 0.1) is 0 Å². The first kappa shape index (κ1) is 6.13. The summed E-state index contributed by atoms with van der Waals surface area (Å²) >= 11 is 0. The van der Waals surface area contributed by atoms with Gasteiger partial charge in [0.15, 0.2) is 0 Å². The van der Waals surface area contributed by atoms with Crippen molar-refractivity contribution < 1.29 is 2.85 Å². The predicted molar refractivity (Wildman–Crippen MR) is 39.6 cm³/mol. The molecule has 0 fully saturated rings. The number of aryl methyl sites for hydroxylation is 1. The number of nitrogens with one attached hydrogen (secondary N) is 2. The van der Waals surface area contributed by atoms with Crippen LogP contribution in [0.2, 0.25) is 0 Å². The van der Waals surface area contributed by atoms with Crippen molar-refractivity contribution in [3.8, 4) is 0 Å². The van der Waals surface area contributed by atoms with Crippen molar-refractivity contribution in [2.24, 2.45) is 0 Å². The van der Waals surface area contributed by atoms with Crippen LogP contribution in [0.5, 0.6) is 0 Å². The lowest BCUT2D eigenvalue weighted by atomic mass is 10.3. The molecule has 0 atom stereocenters. The Morgan fingerprint density at radius 1 is 1.78 bits per heavy atom. The molecule has 0 aliphatic heterocycles. The fourth-order valence-corrected chi connectivity index (χ4v) is 0.775. The lowest BCUT2D eigenvalue weighted by Crippen LogP contribution is -2.00. The monoisotopic (exact) mass is 130 g/mol. The van der Waals surface area contributed by atoms with Crippen LogP contribution < -0.4 is 5.69 Å². The summed E-state index contributed by atoms with van der Waals surface area (Å²) in [7, 11) is 0. The molecule has 3 heteroatoms. The van der Waals surface area contributed by atoms with Crippen molar-refractivity contribution in [1.29, 1.82) is 0 Å². The molecule has 0 aromatic carbocycles. The Bertz CT molecular complexity index is 230. The Labute approximate surface area is 56.1 Å². The molecule has 1 rings (SSSR count). The SMILES string of the molecule is CCCc1c[nH]c(=O)[nH]1.[HH].[HH]. The summed E-state index contributed by atoms with van der Waals surface area (Å²) in [5.41, 5.74) is 0.876. The number of hydrogen-bond donors (Lipinski definition) is 2. The number of rotatable bonds is 2. The molecule has 0 aliphatic rings. The summed E-state index contributed by atoms with van der Waals surface area (Å²) in [6.45, 7) is 2.07. The van der Waals surface area contributed by atoms with E-state index in [9.17, 15) is 4.79 Å². The molecule has 9 heavy (non-hydrogen) atoms. The number of aromatic nitrogens is 2. The minimum Gasteiger partial charge on any atom is -0.313 e. The van der Waals surface area contributed by atoms with Gasteiger partial charge in [0.2, 0.25) is 0 Å². The van der Waals surface area contributed by atoms with E-state index < -0.39 is 0 Å². The first-order valence-corrected chi connectivity index (χ1v) is 3.09. The second-order valence-electron chi connectivity index (χ2n) is 2.02. The number of H-pyrrole nitrogens is 2. The highest BCUT2D eigenvalue weighted by atomic mass is 16.1. The van der Waals surface area contributed by atoms with Crippen molar-refractivity contribution in [2.75, 3.05) is 0 Å². The average Bonchev–Trinajstić information content (AvgIpc) is 2.17. The third-order valence-electron chi connectivity index (χ3n) is 1.17. The Morgan fingerprint density at radius 3 is 3.00 bits per heavy atom. The summed E-state index contributed by atoms with van der Waals surface area (Å²) in [6, 6.07) is 0. The van der Waals surface area contributed by atoms with E-state index in [0.29, 0.717) is 0 Å². The Morgan fingerprint density at radius 2 is 2.56 bits per heavy atom. The maximum absolute atomic E-state index is 10.5. The summed E-state index contributed by atoms with van der Waals surface area (Å²) in [6.07, 6.45) is 3.72. The smallest absolute Gasteiger partial charge is 0.313 e. The van der Waals surface area contributed by atoms with E-state index in [0.717, 1.165) is 18.5 Å². The van der Waals surface area contributed by atoms with Crippen LogP contribution in [0.15, 0.2) is 11.0 Å². The normalized spacial score (nSPS) is 9.89. The maximum atomic E-state index is 10.5. The molecule has 2 N–H and O–H groups in total. The van der Waals surface area contributed by atoms with E-state index in [1.165, 1.54) is 0 Å². The molecule has 3 nitrogen and oxygen atoms in total. The van der Waals surface area contributed by atoms with Gasteiger partial charge in [-0.1, -0.05) is 13.3 Å². The first-order valence-electron chi connectivity index (χ1n) is 3.09. The van der Waals surface area contributed by atoms with Crippen LogP contribution in [-0.4, -0.2) is 9.97 Å². The van der Waals surface area contributed by atoms with Gasteiger partial charge in [0.05, 0.1) is 0 Å². The van der Waals surface area contributed by atoms with Crippen molar-refractivity contribution in [3.63, 3.8) is 0 Å². The van der Waals surface area contributed by atoms with Gasteiger partial charge in [-0.2, -0.15) is 0 Å². The summed E-state index contributed by atoms with van der Waals surface area (Å²) in [5.74, 6) is 0. The molecule has 0 radical (unpaired) electrons. The zero-order chi connectivity index (χ0) is 6.69. The van der Waals surface area contributed by atoms with Gasteiger partial charge >= 0.3 is 5.69 Å². The minimum absolute atomic E-state index is 0. The molecular formula is C6H14N2O. The van der Waals surface area contributed by atoms with Gasteiger partial charge in [-0.15, -0.1) is 0 Å². The van der Waals surface area contributed by atoms with Gasteiger partial charge in [-0.3, -0.25) is 0 Å². The second kappa shape index (κ2) is 2.53. The molecule has 0 aliphatic carbocycles. The van der Waals surface area contributed by atoms with E-state index in [1.54, 1.807) is 6.20 Å². The van der Waals surface area contributed by atoms with Gasteiger partial charge < -0.3 is 9.97 Å². The number of imidazole rings is 1. The van der Waals surface area contributed by atoms with Crippen LogP contribution >= 0.6 is 0 Å². The average molecular weight is 130 g/mol. The van der Waals surface area contributed by atoms with Crippen LogP contribution in [-0.2, 0) is 6.42 Å². The predicted octanol–water partition coefficient (Wildman–Crippen LogP) is 1.15. The fraction of sp³-hybridized carbons (Fsp3) is 0.500. The standard InChI is InChI=1S/C6H10N2O.2H2/c1-2-3-5-4-7-6(9)8-5;;/h4H,2-3H2,1H3,(H2,7,8,9);2*1H. The van der Waals surface area contributed by atoms with E-state index in [1.807, 2.05) is 0 Å². The first-order chi connectivity index (χ1) is 4.33. The molecule has 1 aromatic rings. The van der Waals surface area contributed by atoms with E-state index in [4.69, 9.17) is 0 Å².